The summed E-state index contributed by atoms with van der Waals surface area (Å²) in [6.07, 6.45) is 5.71. The lowest BCUT2D eigenvalue weighted by Crippen LogP contribution is -2.49. The van der Waals surface area contributed by atoms with Gasteiger partial charge >= 0.3 is 0 Å². The summed E-state index contributed by atoms with van der Waals surface area (Å²) in [6, 6.07) is 7.86. The first-order valence-corrected chi connectivity index (χ1v) is 12.9. The average Bonchev–Trinajstić information content (AvgIpc) is 3.12. The maximum absolute atomic E-state index is 12.6. The topological polar surface area (TPSA) is 81.7 Å². The summed E-state index contributed by atoms with van der Waals surface area (Å²) in [5, 5.41) is 12.4. The molecule has 0 bridgehead atoms. The number of likely N-dealkylation sites (tertiary alicyclic amines) is 1. The van der Waals surface area contributed by atoms with Gasteiger partial charge < -0.3 is 10.2 Å². The predicted octanol–water partition coefficient (Wildman–Crippen LogP) is 2.87. The van der Waals surface area contributed by atoms with E-state index >= 15 is 0 Å². The summed E-state index contributed by atoms with van der Waals surface area (Å²) in [6.45, 7) is 8.66. The number of nitrogens with zero attached hydrogens (tertiary/aromatic N) is 5. The normalized spacial score (nSPS) is 18.2. The maximum atomic E-state index is 12.6. The van der Waals surface area contributed by atoms with Crippen LogP contribution < -0.4 is 5.32 Å². The highest BCUT2D eigenvalue weighted by atomic mass is 32.1. The van der Waals surface area contributed by atoms with Gasteiger partial charge in [-0.3, -0.25) is 19.4 Å². The molecule has 33 heavy (non-hydrogen) atoms. The number of hydrogen-bond donors (Lipinski definition) is 1. The van der Waals surface area contributed by atoms with Gasteiger partial charge in [-0.2, -0.15) is 0 Å². The Bertz CT molecular complexity index is 915. The minimum Gasteiger partial charge on any atom is -0.342 e. The van der Waals surface area contributed by atoms with E-state index in [0.29, 0.717) is 18.1 Å². The monoisotopic (exact) mass is 470 g/mol. The minimum absolute atomic E-state index is 0.222. The summed E-state index contributed by atoms with van der Waals surface area (Å²) in [7, 11) is 0. The highest BCUT2D eigenvalue weighted by Crippen LogP contribution is 2.17. The van der Waals surface area contributed by atoms with Crippen LogP contribution in [0.5, 0.6) is 0 Å². The lowest BCUT2D eigenvalue weighted by molar-refractivity contribution is -0.132. The van der Waals surface area contributed by atoms with Crippen molar-refractivity contribution in [2.75, 3.05) is 51.1 Å². The Labute approximate surface area is 200 Å². The number of benzene rings is 1. The van der Waals surface area contributed by atoms with E-state index in [9.17, 15) is 9.59 Å². The number of piperazine rings is 1. The van der Waals surface area contributed by atoms with E-state index in [0.717, 1.165) is 69.2 Å². The van der Waals surface area contributed by atoms with E-state index in [4.69, 9.17) is 0 Å². The molecule has 0 aliphatic carbocycles. The van der Waals surface area contributed by atoms with Gasteiger partial charge in [-0.05, 0) is 37.0 Å². The second-order valence-corrected chi connectivity index (χ2v) is 9.91. The van der Waals surface area contributed by atoms with Gasteiger partial charge in [-0.15, -0.1) is 10.2 Å². The smallest absolute Gasteiger partial charge is 0.286 e. The molecule has 9 heteroatoms. The van der Waals surface area contributed by atoms with Crippen molar-refractivity contribution in [3.63, 3.8) is 0 Å². The van der Waals surface area contributed by atoms with Crippen LogP contribution in [0.3, 0.4) is 0 Å². The number of carbonyl (C=O) groups is 2. The molecule has 2 fully saturated rings. The number of carbonyl (C=O) groups excluding carboxylic acids is 2. The predicted molar refractivity (Wildman–Crippen MR) is 130 cm³/mol. The zero-order valence-corrected chi connectivity index (χ0v) is 20.3. The van der Waals surface area contributed by atoms with Gasteiger partial charge in [0.1, 0.15) is 5.01 Å². The quantitative estimate of drug-likeness (QED) is 0.670. The van der Waals surface area contributed by atoms with E-state index < -0.39 is 0 Å². The second-order valence-electron chi connectivity index (χ2n) is 8.85. The van der Waals surface area contributed by atoms with Crippen LogP contribution in [0, 0.1) is 0 Å². The van der Waals surface area contributed by atoms with Crippen LogP contribution in [0.25, 0.3) is 0 Å². The van der Waals surface area contributed by atoms with E-state index in [2.05, 4.69) is 32.2 Å². The Hall–Kier alpha value is -2.36. The molecule has 0 atom stereocenters. The van der Waals surface area contributed by atoms with Crippen LogP contribution in [0.4, 0.5) is 5.69 Å². The van der Waals surface area contributed by atoms with Crippen molar-refractivity contribution < 1.29 is 9.59 Å². The molecular weight excluding hydrogens is 436 g/mol. The zero-order chi connectivity index (χ0) is 23.0. The molecule has 2 saturated heterocycles. The number of aryl methyl sites for hydroxylation is 1. The van der Waals surface area contributed by atoms with Crippen molar-refractivity contribution in [3.05, 3.63) is 39.8 Å². The third kappa shape index (κ3) is 6.82. The molecule has 8 nitrogen and oxygen atoms in total. The zero-order valence-electron chi connectivity index (χ0n) is 19.5. The highest BCUT2D eigenvalue weighted by Gasteiger charge is 2.23. The van der Waals surface area contributed by atoms with Gasteiger partial charge in [-0.1, -0.05) is 43.2 Å². The molecule has 2 aliphatic heterocycles. The number of amides is 2. The largest absolute Gasteiger partial charge is 0.342 e. The van der Waals surface area contributed by atoms with Crippen molar-refractivity contribution in [1.82, 2.24) is 24.9 Å². The number of aromatic nitrogens is 2. The Morgan fingerprint density at radius 3 is 2.24 bits per heavy atom. The minimum atomic E-state index is -0.222. The van der Waals surface area contributed by atoms with Gasteiger partial charge in [-0.25, -0.2) is 0 Å². The molecule has 2 aliphatic rings. The van der Waals surface area contributed by atoms with E-state index in [1.807, 2.05) is 29.2 Å². The van der Waals surface area contributed by atoms with Crippen molar-refractivity contribution in [2.45, 2.75) is 45.6 Å². The summed E-state index contributed by atoms with van der Waals surface area (Å²) < 4.78 is 0. The molecule has 2 aromatic rings. The molecule has 3 heterocycles. The molecule has 0 unspecified atom stereocenters. The molecule has 0 spiro atoms. The van der Waals surface area contributed by atoms with Crippen LogP contribution in [-0.2, 0) is 17.8 Å². The Kier molecular flexibility index (Phi) is 8.41. The van der Waals surface area contributed by atoms with E-state index in [-0.39, 0.29) is 11.8 Å². The van der Waals surface area contributed by atoms with Gasteiger partial charge in [0.2, 0.25) is 10.9 Å². The molecule has 0 saturated carbocycles. The average molecular weight is 471 g/mol. The highest BCUT2D eigenvalue weighted by molar-refractivity contribution is 7.13. The number of hydrogen-bond acceptors (Lipinski definition) is 7. The molecule has 1 aromatic heterocycles. The Balaban J connectivity index is 1.21. The van der Waals surface area contributed by atoms with Gasteiger partial charge in [0.15, 0.2) is 0 Å². The lowest BCUT2D eigenvalue weighted by atomic mass is 10.1. The van der Waals surface area contributed by atoms with Crippen LogP contribution in [0.15, 0.2) is 24.3 Å². The van der Waals surface area contributed by atoms with Crippen LogP contribution in [0.1, 0.15) is 53.0 Å². The third-order valence-corrected chi connectivity index (χ3v) is 7.33. The van der Waals surface area contributed by atoms with E-state index in [1.54, 1.807) is 0 Å². The molecule has 2 amide bonds. The van der Waals surface area contributed by atoms with Crippen LogP contribution in [0.2, 0.25) is 0 Å². The first-order valence-electron chi connectivity index (χ1n) is 12.1. The number of rotatable bonds is 7. The fourth-order valence-corrected chi connectivity index (χ4v) is 5.10. The van der Waals surface area contributed by atoms with Gasteiger partial charge in [0, 0.05) is 45.0 Å². The molecule has 1 aromatic carbocycles. The van der Waals surface area contributed by atoms with Crippen molar-refractivity contribution in [3.8, 4) is 0 Å². The molecular formula is C24H34N6O2S. The number of anilines is 1. The van der Waals surface area contributed by atoms with Crippen molar-refractivity contribution >= 4 is 28.8 Å². The Morgan fingerprint density at radius 2 is 1.58 bits per heavy atom. The Morgan fingerprint density at radius 1 is 0.909 bits per heavy atom. The first kappa shape index (κ1) is 23.8. The summed E-state index contributed by atoms with van der Waals surface area (Å²) >= 11 is 1.34. The van der Waals surface area contributed by atoms with Crippen LogP contribution >= 0.6 is 11.3 Å². The lowest BCUT2D eigenvalue weighted by Gasteiger charge is -2.34. The molecule has 0 radical (unpaired) electrons. The van der Waals surface area contributed by atoms with Gasteiger partial charge in [0.25, 0.3) is 5.91 Å². The van der Waals surface area contributed by atoms with E-state index in [1.165, 1.54) is 29.7 Å². The first-order chi connectivity index (χ1) is 16.1. The fourth-order valence-electron chi connectivity index (χ4n) is 4.33. The summed E-state index contributed by atoms with van der Waals surface area (Å²) in [5.74, 6) is 0.0503. The SMILES string of the molecule is CCc1ccc(NC(=O)c2nnc(CN3CCN(CC(=O)N4CCCCCC4)CC3)s2)cc1. The maximum Gasteiger partial charge on any atom is 0.286 e. The second kappa shape index (κ2) is 11.7. The van der Waals surface area contributed by atoms with Gasteiger partial charge in [0.05, 0.1) is 13.1 Å². The molecule has 4 rings (SSSR count). The van der Waals surface area contributed by atoms with Crippen molar-refractivity contribution in [2.24, 2.45) is 0 Å². The van der Waals surface area contributed by atoms with Crippen LogP contribution in [-0.4, -0.2) is 82.5 Å². The number of nitrogens with one attached hydrogen (secondary N) is 1. The molecule has 1 N–H and O–H groups in total. The third-order valence-electron chi connectivity index (χ3n) is 6.42. The molecule has 178 valence electrons. The summed E-state index contributed by atoms with van der Waals surface area (Å²) in [4.78, 5) is 31.8. The summed E-state index contributed by atoms with van der Waals surface area (Å²) in [5.41, 5.74) is 2.00. The fraction of sp³-hybridized carbons (Fsp3) is 0.583. The standard InChI is InChI=1S/C24H34N6O2S/c1-2-19-7-9-20(10-8-19)25-23(32)24-27-26-21(33-24)17-28-13-15-29(16-14-28)18-22(31)30-11-5-3-4-6-12-30/h7-10H,2-6,11-18H2,1H3,(H,25,32). The van der Waals surface area contributed by atoms with Crippen molar-refractivity contribution in [1.29, 1.82) is 0 Å².